The molecule has 1 amide bonds. The first-order valence-corrected chi connectivity index (χ1v) is 6.17. The molecule has 1 aromatic heterocycles. The van der Waals surface area contributed by atoms with Crippen molar-refractivity contribution in [3.63, 3.8) is 0 Å². The summed E-state index contributed by atoms with van der Waals surface area (Å²) < 4.78 is 0. The summed E-state index contributed by atoms with van der Waals surface area (Å²) in [6, 6.07) is 11.6. The smallest absolute Gasteiger partial charge is 0.221 e. The molecule has 0 aliphatic heterocycles. The quantitative estimate of drug-likeness (QED) is 0.883. The number of benzene rings is 1. The monoisotopic (exact) mass is 255 g/mol. The largest absolute Gasteiger partial charge is 0.379 e. The van der Waals surface area contributed by atoms with Crippen LogP contribution in [-0.4, -0.2) is 10.9 Å². The predicted octanol–water partition coefficient (Wildman–Crippen LogP) is 2.96. The fraction of sp³-hybridized carbons (Fsp3) is 0.200. The van der Waals surface area contributed by atoms with E-state index in [2.05, 4.69) is 15.6 Å². The molecule has 1 aromatic carbocycles. The molecule has 0 saturated heterocycles. The van der Waals surface area contributed by atoms with Crippen molar-refractivity contribution in [3.8, 4) is 0 Å². The topological polar surface area (TPSA) is 54.0 Å². The van der Waals surface area contributed by atoms with Gasteiger partial charge in [-0.05, 0) is 42.8 Å². The van der Waals surface area contributed by atoms with Gasteiger partial charge in [-0.1, -0.05) is 6.07 Å². The van der Waals surface area contributed by atoms with E-state index in [0.29, 0.717) is 6.54 Å². The highest BCUT2D eigenvalue weighted by molar-refractivity contribution is 5.88. The first-order chi connectivity index (χ1) is 9.15. The molecule has 2 N–H and O–H groups in total. The van der Waals surface area contributed by atoms with Crippen molar-refractivity contribution in [1.29, 1.82) is 0 Å². The molecule has 98 valence electrons. The third-order valence-electron chi connectivity index (χ3n) is 2.78. The Labute approximate surface area is 112 Å². The Morgan fingerprint density at radius 2 is 1.84 bits per heavy atom. The number of anilines is 2. The number of carbonyl (C=O) groups excluding carboxylic acids is 1. The first kappa shape index (κ1) is 13.1. The SMILES string of the molecule is CC(=O)Nc1ccc(NCc2ncccc2C)cc1. The molecule has 1 heterocycles. The maximum absolute atomic E-state index is 10.9. The lowest BCUT2D eigenvalue weighted by atomic mass is 10.2. The fourth-order valence-corrected chi connectivity index (χ4v) is 1.76. The zero-order chi connectivity index (χ0) is 13.7. The number of aryl methyl sites for hydroxylation is 1. The van der Waals surface area contributed by atoms with E-state index in [0.717, 1.165) is 17.1 Å². The number of carbonyl (C=O) groups is 1. The third kappa shape index (κ3) is 3.81. The summed E-state index contributed by atoms with van der Waals surface area (Å²) in [5, 5.41) is 6.04. The van der Waals surface area contributed by atoms with Crippen molar-refractivity contribution >= 4 is 17.3 Å². The minimum absolute atomic E-state index is 0.0650. The molecule has 0 fully saturated rings. The number of nitrogens with zero attached hydrogens (tertiary/aromatic N) is 1. The van der Waals surface area contributed by atoms with E-state index >= 15 is 0 Å². The minimum Gasteiger partial charge on any atom is -0.379 e. The van der Waals surface area contributed by atoms with Crippen LogP contribution < -0.4 is 10.6 Å². The van der Waals surface area contributed by atoms with E-state index in [1.54, 1.807) is 6.20 Å². The van der Waals surface area contributed by atoms with Gasteiger partial charge in [0.15, 0.2) is 0 Å². The van der Waals surface area contributed by atoms with Crippen molar-refractivity contribution in [1.82, 2.24) is 4.98 Å². The summed E-state index contributed by atoms with van der Waals surface area (Å²) in [6.07, 6.45) is 1.80. The molecule has 0 unspecified atom stereocenters. The molecule has 0 bridgehead atoms. The van der Waals surface area contributed by atoms with Crippen molar-refractivity contribution in [2.75, 3.05) is 10.6 Å². The summed E-state index contributed by atoms with van der Waals surface area (Å²) in [5.41, 5.74) is 4.00. The van der Waals surface area contributed by atoms with Crippen LogP contribution in [0.5, 0.6) is 0 Å². The molecule has 0 aliphatic carbocycles. The highest BCUT2D eigenvalue weighted by Crippen LogP contribution is 2.14. The molecular weight excluding hydrogens is 238 g/mol. The maximum Gasteiger partial charge on any atom is 0.221 e. The predicted molar refractivity (Wildman–Crippen MR) is 77.0 cm³/mol. The molecule has 4 heteroatoms. The van der Waals surface area contributed by atoms with Crippen LogP contribution in [-0.2, 0) is 11.3 Å². The number of aromatic nitrogens is 1. The number of nitrogens with one attached hydrogen (secondary N) is 2. The Morgan fingerprint density at radius 3 is 2.47 bits per heavy atom. The molecule has 0 spiro atoms. The lowest BCUT2D eigenvalue weighted by molar-refractivity contribution is -0.114. The Bertz CT molecular complexity index is 564. The van der Waals surface area contributed by atoms with Crippen molar-refractivity contribution in [2.24, 2.45) is 0 Å². The molecule has 2 rings (SSSR count). The van der Waals surface area contributed by atoms with Gasteiger partial charge < -0.3 is 10.6 Å². The second-order valence-corrected chi connectivity index (χ2v) is 4.38. The summed E-state index contributed by atoms with van der Waals surface area (Å²) in [4.78, 5) is 15.2. The molecular formula is C15H17N3O. The van der Waals surface area contributed by atoms with Crippen LogP contribution in [0.25, 0.3) is 0 Å². The lowest BCUT2D eigenvalue weighted by Crippen LogP contribution is -2.06. The van der Waals surface area contributed by atoms with Gasteiger partial charge in [-0.15, -0.1) is 0 Å². The highest BCUT2D eigenvalue weighted by Gasteiger charge is 1.99. The van der Waals surface area contributed by atoms with Crippen molar-refractivity contribution in [2.45, 2.75) is 20.4 Å². The Kier molecular flexibility index (Phi) is 4.13. The van der Waals surface area contributed by atoms with Crippen LogP contribution in [0.15, 0.2) is 42.6 Å². The van der Waals surface area contributed by atoms with Crippen molar-refractivity contribution in [3.05, 3.63) is 53.9 Å². The van der Waals surface area contributed by atoms with Gasteiger partial charge in [-0.3, -0.25) is 9.78 Å². The van der Waals surface area contributed by atoms with Crippen LogP contribution in [0.2, 0.25) is 0 Å². The zero-order valence-electron chi connectivity index (χ0n) is 11.1. The van der Waals surface area contributed by atoms with Crippen LogP contribution >= 0.6 is 0 Å². The summed E-state index contributed by atoms with van der Waals surface area (Å²) in [7, 11) is 0. The molecule has 2 aromatic rings. The van der Waals surface area contributed by atoms with E-state index in [1.165, 1.54) is 12.5 Å². The Morgan fingerprint density at radius 1 is 1.16 bits per heavy atom. The van der Waals surface area contributed by atoms with Gasteiger partial charge in [0.25, 0.3) is 0 Å². The molecule has 4 nitrogen and oxygen atoms in total. The van der Waals surface area contributed by atoms with Crippen LogP contribution in [0.3, 0.4) is 0 Å². The second kappa shape index (κ2) is 6.00. The molecule has 19 heavy (non-hydrogen) atoms. The molecule has 0 atom stereocenters. The number of rotatable bonds is 4. The second-order valence-electron chi connectivity index (χ2n) is 4.38. The average Bonchev–Trinajstić information content (AvgIpc) is 2.39. The van der Waals surface area contributed by atoms with Gasteiger partial charge in [-0.2, -0.15) is 0 Å². The van der Waals surface area contributed by atoms with Gasteiger partial charge in [0.2, 0.25) is 5.91 Å². The number of amides is 1. The fourth-order valence-electron chi connectivity index (χ4n) is 1.76. The van der Waals surface area contributed by atoms with Crippen LogP contribution in [0, 0.1) is 6.92 Å². The number of hydrogen-bond donors (Lipinski definition) is 2. The number of hydrogen-bond acceptors (Lipinski definition) is 3. The zero-order valence-corrected chi connectivity index (χ0v) is 11.1. The minimum atomic E-state index is -0.0650. The molecule has 0 radical (unpaired) electrons. The van der Waals surface area contributed by atoms with E-state index in [-0.39, 0.29) is 5.91 Å². The number of pyridine rings is 1. The van der Waals surface area contributed by atoms with E-state index in [1.807, 2.05) is 43.3 Å². The van der Waals surface area contributed by atoms with Crippen molar-refractivity contribution < 1.29 is 4.79 Å². The van der Waals surface area contributed by atoms with Gasteiger partial charge >= 0.3 is 0 Å². The normalized spacial score (nSPS) is 10.0. The Balaban J connectivity index is 1.97. The van der Waals surface area contributed by atoms with Crippen LogP contribution in [0.1, 0.15) is 18.2 Å². The van der Waals surface area contributed by atoms with Gasteiger partial charge in [-0.25, -0.2) is 0 Å². The van der Waals surface area contributed by atoms with Gasteiger partial charge in [0.05, 0.1) is 12.2 Å². The standard InChI is InChI=1S/C15H17N3O/c1-11-4-3-9-16-15(11)10-17-13-5-7-14(8-6-13)18-12(2)19/h3-9,17H,10H2,1-2H3,(H,18,19). The van der Waals surface area contributed by atoms with E-state index < -0.39 is 0 Å². The molecule has 0 saturated carbocycles. The third-order valence-corrected chi connectivity index (χ3v) is 2.78. The van der Waals surface area contributed by atoms with Crippen LogP contribution in [0.4, 0.5) is 11.4 Å². The lowest BCUT2D eigenvalue weighted by Gasteiger charge is -2.09. The summed E-state index contributed by atoms with van der Waals surface area (Å²) >= 11 is 0. The van der Waals surface area contributed by atoms with Gasteiger partial charge in [0.1, 0.15) is 0 Å². The van der Waals surface area contributed by atoms with E-state index in [4.69, 9.17) is 0 Å². The first-order valence-electron chi connectivity index (χ1n) is 6.17. The average molecular weight is 255 g/mol. The summed E-state index contributed by atoms with van der Waals surface area (Å²) in [5.74, 6) is -0.0650. The highest BCUT2D eigenvalue weighted by atomic mass is 16.1. The maximum atomic E-state index is 10.9. The Hall–Kier alpha value is -2.36. The van der Waals surface area contributed by atoms with E-state index in [9.17, 15) is 4.79 Å². The summed E-state index contributed by atoms with van der Waals surface area (Å²) in [6.45, 7) is 4.23. The van der Waals surface area contributed by atoms with Gasteiger partial charge in [0, 0.05) is 24.5 Å². The molecule has 0 aliphatic rings.